The van der Waals surface area contributed by atoms with Gasteiger partial charge in [0.05, 0.1) is 12.6 Å². The first kappa shape index (κ1) is 14.5. The number of likely N-dealkylation sites (N-methyl/N-ethyl adjacent to an activating group) is 2. The Hall–Kier alpha value is -1.92. The van der Waals surface area contributed by atoms with E-state index in [4.69, 9.17) is 0 Å². The summed E-state index contributed by atoms with van der Waals surface area (Å²) < 4.78 is 0. The summed E-state index contributed by atoms with van der Waals surface area (Å²) in [4.78, 5) is 26.6. The molecule has 20 heavy (non-hydrogen) atoms. The normalized spacial score (nSPS) is 17.6. The highest BCUT2D eigenvalue weighted by molar-refractivity contribution is 6.04. The Morgan fingerprint density at radius 3 is 2.75 bits per heavy atom. The fourth-order valence-electron chi connectivity index (χ4n) is 2.17. The molecular formula is C14H19N3O3. The molecule has 6 nitrogen and oxygen atoms in total. The molecule has 0 bridgehead atoms. The number of hydrogen-bond donors (Lipinski definition) is 2. The van der Waals surface area contributed by atoms with Gasteiger partial charge in [0.2, 0.25) is 11.8 Å². The lowest BCUT2D eigenvalue weighted by Crippen LogP contribution is -2.52. The fourth-order valence-corrected chi connectivity index (χ4v) is 2.17. The summed E-state index contributed by atoms with van der Waals surface area (Å²) in [5.74, 6) is -0.210. The summed E-state index contributed by atoms with van der Waals surface area (Å²) in [6, 6.07) is 7.10. The van der Waals surface area contributed by atoms with Crippen molar-refractivity contribution in [3.05, 3.63) is 29.8 Å². The van der Waals surface area contributed by atoms with Gasteiger partial charge in [-0.2, -0.15) is 0 Å². The predicted molar refractivity (Wildman–Crippen MR) is 75.3 cm³/mol. The summed E-state index contributed by atoms with van der Waals surface area (Å²) in [6.45, 7) is 0.558. The molecule has 1 fully saturated rings. The van der Waals surface area contributed by atoms with Crippen molar-refractivity contribution in [3.8, 4) is 0 Å². The maximum atomic E-state index is 12.0. The second-order valence-electron chi connectivity index (χ2n) is 4.90. The minimum absolute atomic E-state index is 0.0426. The number of hydrogen-bond acceptors (Lipinski definition) is 4. The molecule has 1 atom stereocenters. The minimum Gasteiger partial charge on any atom is -0.387 e. The van der Waals surface area contributed by atoms with Gasteiger partial charge < -0.3 is 20.2 Å². The van der Waals surface area contributed by atoms with Gasteiger partial charge in [0, 0.05) is 19.3 Å². The summed E-state index contributed by atoms with van der Waals surface area (Å²) in [6.07, 6.45) is -0.641. The molecule has 1 aliphatic rings. The van der Waals surface area contributed by atoms with Crippen LogP contribution in [0.15, 0.2) is 24.3 Å². The molecule has 2 N–H and O–H groups in total. The molecule has 6 heteroatoms. The van der Waals surface area contributed by atoms with E-state index in [1.54, 1.807) is 38.4 Å². The minimum atomic E-state index is -0.641. The molecule has 108 valence electrons. The zero-order chi connectivity index (χ0) is 14.7. The molecule has 0 spiro atoms. The lowest BCUT2D eigenvalue weighted by Gasteiger charge is -2.32. The van der Waals surface area contributed by atoms with E-state index in [0.717, 1.165) is 5.56 Å². The molecule has 0 saturated carbocycles. The van der Waals surface area contributed by atoms with Gasteiger partial charge in [-0.15, -0.1) is 0 Å². The van der Waals surface area contributed by atoms with Crippen molar-refractivity contribution in [2.45, 2.75) is 6.10 Å². The zero-order valence-electron chi connectivity index (χ0n) is 11.7. The van der Waals surface area contributed by atoms with Crippen molar-refractivity contribution in [2.24, 2.45) is 0 Å². The van der Waals surface area contributed by atoms with Crippen LogP contribution < -0.4 is 10.2 Å². The largest absolute Gasteiger partial charge is 0.387 e. The van der Waals surface area contributed by atoms with Gasteiger partial charge in [0.1, 0.15) is 6.54 Å². The zero-order valence-corrected chi connectivity index (χ0v) is 11.7. The van der Waals surface area contributed by atoms with Crippen molar-refractivity contribution in [1.82, 2.24) is 10.2 Å². The third-order valence-corrected chi connectivity index (χ3v) is 3.36. The Labute approximate surface area is 118 Å². The van der Waals surface area contributed by atoms with Crippen LogP contribution in [0.3, 0.4) is 0 Å². The number of nitrogens with one attached hydrogen (secondary N) is 1. The number of nitrogens with zero attached hydrogens (tertiary/aromatic N) is 2. The highest BCUT2D eigenvalue weighted by Crippen LogP contribution is 2.22. The second-order valence-corrected chi connectivity index (χ2v) is 4.90. The maximum Gasteiger partial charge on any atom is 0.247 e. The van der Waals surface area contributed by atoms with E-state index in [1.165, 1.54) is 9.80 Å². The Balaban J connectivity index is 2.22. The average Bonchev–Trinajstić information content (AvgIpc) is 2.43. The highest BCUT2D eigenvalue weighted by atomic mass is 16.3. The highest BCUT2D eigenvalue weighted by Gasteiger charge is 2.28. The van der Waals surface area contributed by atoms with Crippen molar-refractivity contribution in [3.63, 3.8) is 0 Å². The summed E-state index contributed by atoms with van der Waals surface area (Å²) in [5, 5.41) is 12.9. The monoisotopic (exact) mass is 277 g/mol. The smallest absolute Gasteiger partial charge is 0.247 e. The van der Waals surface area contributed by atoms with Gasteiger partial charge in [-0.3, -0.25) is 9.59 Å². The van der Waals surface area contributed by atoms with Gasteiger partial charge in [-0.05, 0) is 24.7 Å². The second kappa shape index (κ2) is 6.02. The topological polar surface area (TPSA) is 72.9 Å². The number of piperazine rings is 1. The third kappa shape index (κ3) is 2.97. The Kier molecular flexibility index (Phi) is 4.36. The first-order chi connectivity index (χ1) is 9.52. The Morgan fingerprint density at radius 1 is 1.30 bits per heavy atom. The lowest BCUT2D eigenvalue weighted by molar-refractivity contribution is -0.136. The van der Waals surface area contributed by atoms with Gasteiger partial charge in [-0.25, -0.2) is 0 Å². The molecule has 1 aromatic rings. The van der Waals surface area contributed by atoms with E-state index in [1.807, 2.05) is 0 Å². The SMILES string of the molecule is CNCC(O)c1cccc(N2CC(=O)N(C)CC2=O)c1. The Morgan fingerprint density at radius 2 is 2.05 bits per heavy atom. The van der Waals surface area contributed by atoms with E-state index in [-0.39, 0.29) is 24.9 Å². The Bertz CT molecular complexity index is 518. The molecule has 1 aromatic carbocycles. The van der Waals surface area contributed by atoms with Gasteiger partial charge in [0.15, 0.2) is 0 Å². The number of aliphatic hydroxyl groups excluding tert-OH is 1. The van der Waals surface area contributed by atoms with Crippen LogP contribution in [0.4, 0.5) is 5.69 Å². The van der Waals surface area contributed by atoms with Crippen LogP contribution >= 0.6 is 0 Å². The van der Waals surface area contributed by atoms with Gasteiger partial charge in [0.25, 0.3) is 0 Å². The van der Waals surface area contributed by atoms with Crippen molar-refractivity contribution in [2.75, 3.05) is 38.6 Å². The van der Waals surface area contributed by atoms with E-state index in [2.05, 4.69) is 5.32 Å². The molecule has 1 saturated heterocycles. The van der Waals surface area contributed by atoms with Gasteiger partial charge >= 0.3 is 0 Å². The molecule has 2 amide bonds. The molecule has 0 aliphatic carbocycles. The van der Waals surface area contributed by atoms with Crippen LogP contribution in [0.25, 0.3) is 0 Å². The molecule has 1 heterocycles. The first-order valence-corrected chi connectivity index (χ1v) is 6.50. The summed E-state index contributed by atoms with van der Waals surface area (Å²) >= 11 is 0. The van der Waals surface area contributed by atoms with E-state index in [0.29, 0.717) is 12.2 Å². The lowest BCUT2D eigenvalue weighted by atomic mass is 10.1. The van der Waals surface area contributed by atoms with Crippen LogP contribution in [0.1, 0.15) is 11.7 Å². The molecule has 1 aliphatic heterocycles. The average molecular weight is 277 g/mol. The molecule has 1 unspecified atom stereocenters. The molecular weight excluding hydrogens is 258 g/mol. The number of amides is 2. The van der Waals surface area contributed by atoms with Crippen LogP contribution in [0.2, 0.25) is 0 Å². The van der Waals surface area contributed by atoms with Gasteiger partial charge in [-0.1, -0.05) is 12.1 Å². The fraction of sp³-hybridized carbons (Fsp3) is 0.429. The van der Waals surface area contributed by atoms with Crippen molar-refractivity contribution in [1.29, 1.82) is 0 Å². The molecule has 0 radical (unpaired) electrons. The van der Waals surface area contributed by atoms with Crippen LogP contribution in [-0.2, 0) is 9.59 Å². The van der Waals surface area contributed by atoms with E-state index < -0.39 is 6.10 Å². The van der Waals surface area contributed by atoms with Crippen LogP contribution in [0, 0.1) is 0 Å². The maximum absolute atomic E-state index is 12.0. The van der Waals surface area contributed by atoms with Crippen LogP contribution in [-0.4, -0.2) is 55.6 Å². The third-order valence-electron chi connectivity index (χ3n) is 3.36. The first-order valence-electron chi connectivity index (χ1n) is 6.50. The van der Waals surface area contributed by atoms with Crippen molar-refractivity contribution >= 4 is 17.5 Å². The number of rotatable bonds is 4. The molecule has 2 rings (SSSR count). The number of anilines is 1. The molecule has 0 aromatic heterocycles. The number of carbonyl (C=O) groups is 2. The standard InChI is InChI=1S/C14H19N3O3/c1-15-7-12(18)10-4-3-5-11(6-10)17-9-13(19)16(2)8-14(17)20/h3-6,12,15,18H,7-9H2,1-2H3. The van der Waals surface area contributed by atoms with Crippen molar-refractivity contribution < 1.29 is 14.7 Å². The number of carbonyl (C=O) groups excluding carboxylic acids is 2. The number of aliphatic hydroxyl groups is 1. The van der Waals surface area contributed by atoms with Crippen LogP contribution in [0.5, 0.6) is 0 Å². The quantitative estimate of drug-likeness (QED) is 0.795. The summed E-state index contributed by atoms with van der Waals surface area (Å²) in [7, 11) is 3.38. The summed E-state index contributed by atoms with van der Waals surface area (Å²) in [5.41, 5.74) is 1.36. The van der Waals surface area contributed by atoms with E-state index >= 15 is 0 Å². The predicted octanol–water partition coefficient (Wildman–Crippen LogP) is -0.256. The number of benzene rings is 1. The van der Waals surface area contributed by atoms with E-state index in [9.17, 15) is 14.7 Å².